The molecular formula is C12H17Cl3N2O. The van der Waals surface area contributed by atoms with Crippen LogP contribution in [0.5, 0.6) is 0 Å². The maximum Gasteiger partial charge on any atom is 0.224 e. The van der Waals surface area contributed by atoms with Gasteiger partial charge in [0.15, 0.2) is 0 Å². The summed E-state index contributed by atoms with van der Waals surface area (Å²) in [6, 6.07) is 5.14. The maximum absolute atomic E-state index is 11.7. The number of hydrogen-bond acceptors (Lipinski definition) is 2. The Labute approximate surface area is 124 Å². The van der Waals surface area contributed by atoms with E-state index in [4.69, 9.17) is 28.9 Å². The molecule has 0 aliphatic heterocycles. The molecule has 102 valence electrons. The van der Waals surface area contributed by atoms with E-state index >= 15 is 0 Å². The average molecular weight is 312 g/mol. The van der Waals surface area contributed by atoms with E-state index in [1.54, 1.807) is 37.1 Å². The first-order valence-corrected chi connectivity index (χ1v) is 6.10. The average Bonchev–Trinajstić information content (AvgIpc) is 2.22. The molecule has 0 heterocycles. The predicted octanol–water partition coefficient (Wildman–Crippen LogP) is 3.11. The lowest BCUT2D eigenvalue weighted by Crippen LogP contribution is -2.31. The first-order chi connectivity index (χ1) is 7.91. The molecule has 0 saturated heterocycles. The molecule has 0 aliphatic carbocycles. The lowest BCUT2D eigenvalue weighted by molar-refractivity contribution is -0.130. The fourth-order valence-electron chi connectivity index (χ4n) is 1.44. The molecule has 18 heavy (non-hydrogen) atoms. The minimum Gasteiger partial charge on any atom is -0.341 e. The van der Waals surface area contributed by atoms with Gasteiger partial charge in [0.25, 0.3) is 0 Å². The second kappa shape index (κ2) is 7.85. The van der Waals surface area contributed by atoms with E-state index < -0.39 is 0 Å². The summed E-state index contributed by atoms with van der Waals surface area (Å²) in [4.78, 5) is 13.3. The highest BCUT2D eigenvalue weighted by Crippen LogP contribution is 2.25. The molecular weight excluding hydrogens is 295 g/mol. The van der Waals surface area contributed by atoms with Gasteiger partial charge in [-0.05, 0) is 19.1 Å². The zero-order valence-electron chi connectivity index (χ0n) is 10.3. The Morgan fingerprint density at radius 3 is 2.33 bits per heavy atom. The predicted molar refractivity (Wildman–Crippen MR) is 78.5 cm³/mol. The lowest BCUT2D eigenvalue weighted by atomic mass is 10.2. The molecule has 0 spiro atoms. The Balaban J connectivity index is 0.00000289. The van der Waals surface area contributed by atoms with E-state index in [0.717, 1.165) is 5.56 Å². The van der Waals surface area contributed by atoms with E-state index in [1.807, 2.05) is 0 Å². The molecule has 0 fully saturated rings. The second-order valence-corrected chi connectivity index (χ2v) is 4.95. The molecule has 0 radical (unpaired) electrons. The largest absolute Gasteiger partial charge is 0.341 e. The van der Waals surface area contributed by atoms with Gasteiger partial charge >= 0.3 is 0 Å². The second-order valence-electron chi connectivity index (χ2n) is 4.13. The van der Waals surface area contributed by atoms with Crippen molar-refractivity contribution in [2.24, 2.45) is 5.73 Å². The number of amides is 1. The van der Waals surface area contributed by atoms with Gasteiger partial charge in [0.05, 0.1) is 0 Å². The third-order valence-corrected chi connectivity index (χ3v) is 3.09. The summed E-state index contributed by atoms with van der Waals surface area (Å²) in [5.74, 6) is -0.0176. The van der Waals surface area contributed by atoms with Gasteiger partial charge in [0, 0.05) is 41.7 Å². The number of nitrogens with two attached hydrogens (primary N) is 1. The van der Waals surface area contributed by atoms with Gasteiger partial charge in [-0.2, -0.15) is 0 Å². The van der Waals surface area contributed by atoms with Crippen LogP contribution in [0.4, 0.5) is 0 Å². The van der Waals surface area contributed by atoms with Crippen LogP contribution in [0.2, 0.25) is 10.0 Å². The summed E-state index contributed by atoms with van der Waals surface area (Å²) < 4.78 is 0. The molecule has 1 amide bonds. The fraction of sp³-hybridized carbons (Fsp3) is 0.417. The van der Waals surface area contributed by atoms with Crippen LogP contribution >= 0.6 is 35.6 Å². The highest BCUT2D eigenvalue weighted by atomic mass is 35.5. The molecule has 2 N–H and O–H groups in total. The lowest BCUT2D eigenvalue weighted by Gasteiger charge is -2.19. The van der Waals surface area contributed by atoms with Crippen LogP contribution in [0.25, 0.3) is 0 Å². The van der Waals surface area contributed by atoms with Crippen molar-refractivity contribution in [1.29, 1.82) is 0 Å². The van der Waals surface area contributed by atoms with Gasteiger partial charge < -0.3 is 10.6 Å². The Hall–Kier alpha value is -0.480. The molecule has 0 saturated carbocycles. The number of carbonyl (C=O) groups excluding carboxylic acids is 1. The summed E-state index contributed by atoms with van der Waals surface area (Å²) in [6.07, 6.45) is 0.318. The highest BCUT2D eigenvalue weighted by molar-refractivity contribution is 6.36. The Kier molecular flexibility index (Phi) is 7.64. The number of carbonyl (C=O) groups is 1. The van der Waals surface area contributed by atoms with E-state index in [0.29, 0.717) is 23.0 Å². The number of rotatable bonds is 4. The van der Waals surface area contributed by atoms with Crippen LogP contribution < -0.4 is 5.73 Å². The van der Waals surface area contributed by atoms with Gasteiger partial charge in [-0.1, -0.05) is 29.3 Å². The van der Waals surface area contributed by atoms with Gasteiger partial charge in [0.2, 0.25) is 5.91 Å². The number of halogens is 3. The summed E-state index contributed by atoms with van der Waals surface area (Å²) in [7, 11) is 1.71. The SMILES string of the molecule is CC(N)CC(=O)N(C)Cc1c(Cl)cccc1Cl.Cl. The zero-order valence-corrected chi connectivity index (χ0v) is 12.6. The van der Waals surface area contributed by atoms with Crippen molar-refractivity contribution < 1.29 is 4.79 Å². The van der Waals surface area contributed by atoms with Crippen molar-refractivity contribution in [2.45, 2.75) is 25.9 Å². The van der Waals surface area contributed by atoms with Gasteiger partial charge in [-0.3, -0.25) is 4.79 Å². The zero-order chi connectivity index (χ0) is 13.0. The van der Waals surface area contributed by atoms with Crippen molar-refractivity contribution in [3.05, 3.63) is 33.8 Å². The molecule has 0 bridgehead atoms. The van der Waals surface area contributed by atoms with Crippen LogP contribution in [0.3, 0.4) is 0 Å². The van der Waals surface area contributed by atoms with Gasteiger partial charge in [-0.25, -0.2) is 0 Å². The monoisotopic (exact) mass is 310 g/mol. The van der Waals surface area contributed by atoms with E-state index in [2.05, 4.69) is 0 Å². The van der Waals surface area contributed by atoms with Crippen LogP contribution in [-0.4, -0.2) is 23.9 Å². The van der Waals surface area contributed by atoms with Crippen LogP contribution in [-0.2, 0) is 11.3 Å². The van der Waals surface area contributed by atoms with E-state index in [1.165, 1.54) is 0 Å². The fourth-order valence-corrected chi connectivity index (χ4v) is 1.96. The molecule has 1 rings (SSSR count). The normalized spacial score (nSPS) is 11.6. The van der Waals surface area contributed by atoms with E-state index in [-0.39, 0.29) is 24.4 Å². The molecule has 0 aromatic heterocycles. The molecule has 1 aromatic carbocycles. The highest BCUT2D eigenvalue weighted by Gasteiger charge is 2.14. The minimum absolute atomic E-state index is 0. The van der Waals surface area contributed by atoms with Crippen LogP contribution in [0, 0.1) is 0 Å². The van der Waals surface area contributed by atoms with Crippen molar-refractivity contribution >= 4 is 41.5 Å². The van der Waals surface area contributed by atoms with Crippen LogP contribution in [0.1, 0.15) is 18.9 Å². The maximum atomic E-state index is 11.7. The Bertz CT molecular complexity index is 390. The van der Waals surface area contributed by atoms with Crippen molar-refractivity contribution in [1.82, 2.24) is 4.90 Å². The number of benzene rings is 1. The summed E-state index contributed by atoms with van der Waals surface area (Å²) >= 11 is 12.1. The summed E-state index contributed by atoms with van der Waals surface area (Å²) in [5.41, 5.74) is 6.35. The van der Waals surface area contributed by atoms with Crippen molar-refractivity contribution in [3.63, 3.8) is 0 Å². The van der Waals surface area contributed by atoms with Gasteiger partial charge in [-0.15, -0.1) is 12.4 Å². The molecule has 1 unspecified atom stereocenters. The molecule has 3 nitrogen and oxygen atoms in total. The van der Waals surface area contributed by atoms with Crippen molar-refractivity contribution in [2.75, 3.05) is 7.05 Å². The van der Waals surface area contributed by atoms with Gasteiger partial charge in [0.1, 0.15) is 0 Å². The van der Waals surface area contributed by atoms with E-state index in [9.17, 15) is 4.79 Å². The Morgan fingerprint density at radius 2 is 1.89 bits per heavy atom. The number of hydrogen-bond donors (Lipinski definition) is 1. The molecule has 0 aliphatic rings. The quantitative estimate of drug-likeness (QED) is 0.928. The third kappa shape index (κ3) is 5.02. The Morgan fingerprint density at radius 1 is 1.39 bits per heavy atom. The minimum atomic E-state index is -0.147. The summed E-state index contributed by atoms with van der Waals surface area (Å²) in [6.45, 7) is 2.19. The first kappa shape index (κ1) is 17.5. The summed E-state index contributed by atoms with van der Waals surface area (Å²) in [5, 5.41) is 1.14. The topological polar surface area (TPSA) is 46.3 Å². The smallest absolute Gasteiger partial charge is 0.224 e. The van der Waals surface area contributed by atoms with Crippen molar-refractivity contribution in [3.8, 4) is 0 Å². The number of nitrogens with zero attached hydrogens (tertiary/aromatic N) is 1. The third-order valence-electron chi connectivity index (χ3n) is 2.38. The molecule has 6 heteroatoms. The van der Waals surface area contributed by atoms with Crippen LogP contribution in [0.15, 0.2) is 18.2 Å². The first-order valence-electron chi connectivity index (χ1n) is 5.34. The molecule has 1 aromatic rings. The molecule has 1 atom stereocenters. The standard InChI is InChI=1S/C12H16Cl2N2O.ClH/c1-8(15)6-12(17)16(2)7-9-10(13)4-3-5-11(9)14;/h3-5,8H,6-7,15H2,1-2H3;1H.